The van der Waals surface area contributed by atoms with Crippen molar-refractivity contribution in [3.05, 3.63) is 47.5 Å². The lowest BCUT2D eigenvalue weighted by atomic mass is 10.3. The quantitative estimate of drug-likeness (QED) is 0.771. The van der Waals surface area contributed by atoms with Crippen LogP contribution in [0.15, 0.2) is 36.7 Å². The van der Waals surface area contributed by atoms with Gasteiger partial charge in [0, 0.05) is 23.8 Å². The molecule has 0 aliphatic heterocycles. The van der Waals surface area contributed by atoms with E-state index in [1.807, 2.05) is 0 Å². The zero-order chi connectivity index (χ0) is 10.1. The van der Waals surface area contributed by atoms with Crippen LogP contribution in [0.1, 0.15) is 0 Å². The van der Waals surface area contributed by atoms with Crippen LogP contribution in [-0.2, 0) is 0 Å². The Labute approximate surface area is 85.7 Å². The molecule has 0 saturated carbocycles. The minimum absolute atomic E-state index is 0.119. The summed E-state index contributed by atoms with van der Waals surface area (Å²) in [7, 11) is 0. The van der Waals surface area contributed by atoms with Crippen LogP contribution in [0.25, 0.3) is 5.69 Å². The average Bonchev–Trinajstić information content (AvgIpc) is 2.57. The first-order valence-corrected chi connectivity index (χ1v) is 4.43. The minimum Gasteiger partial charge on any atom is -0.397 e. The van der Waals surface area contributed by atoms with E-state index in [0.717, 1.165) is 0 Å². The molecule has 0 fully saturated rings. The van der Waals surface area contributed by atoms with E-state index >= 15 is 0 Å². The Morgan fingerprint density at radius 3 is 2.64 bits per heavy atom. The standard InChI is InChI=1S/C10H8ClFN2/c11-9-2-1-8(5-10(9)12)14-4-3-7(13)6-14/h1-6H,13H2. The molecule has 14 heavy (non-hydrogen) atoms. The zero-order valence-electron chi connectivity index (χ0n) is 7.24. The maximum Gasteiger partial charge on any atom is 0.143 e. The van der Waals surface area contributed by atoms with Gasteiger partial charge in [0.1, 0.15) is 5.82 Å². The fraction of sp³-hybridized carbons (Fsp3) is 0. The van der Waals surface area contributed by atoms with Crippen LogP contribution < -0.4 is 5.73 Å². The van der Waals surface area contributed by atoms with Gasteiger partial charge in [0.25, 0.3) is 0 Å². The Hall–Kier alpha value is -1.48. The number of rotatable bonds is 1. The third-order valence-corrected chi connectivity index (χ3v) is 2.22. The summed E-state index contributed by atoms with van der Waals surface area (Å²) in [6, 6.07) is 6.35. The van der Waals surface area contributed by atoms with E-state index in [4.69, 9.17) is 17.3 Å². The molecule has 0 aliphatic rings. The maximum absolute atomic E-state index is 13.1. The van der Waals surface area contributed by atoms with Gasteiger partial charge in [-0.15, -0.1) is 0 Å². The van der Waals surface area contributed by atoms with Gasteiger partial charge in [0.2, 0.25) is 0 Å². The van der Waals surface area contributed by atoms with E-state index in [1.165, 1.54) is 12.1 Å². The van der Waals surface area contributed by atoms with Crippen LogP contribution in [0.3, 0.4) is 0 Å². The van der Waals surface area contributed by atoms with Crippen molar-refractivity contribution in [2.75, 3.05) is 5.73 Å². The van der Waals surface area contributed by atoms with E-state index in [2.05, 4.69) is 0 Å². The van der Waals surface area contributed by atoms with Crippen molar-refractivity contribution in [3.8, 4) is 5.69 Å². The Kier molecular flexibility index (Phi) is 2.17. The molecule has 0 spiro atoms. The molecule has 2 rings (SSSR count). The van der Waals surface area contributed by atoms with Crippen LogP contribution in [-0.4, -0.2) is 4.57 Å². The smallest absolute Gasteiger partial charge is 0.143 e. The van der Waals surface area contributed by atoms with E-state index < -0.39 is 5.82 Å². The Morgan fingerprint density at radius 1 is 1.29 bits per heavy atom. The number of nitrogen functional groups attached to an aromatic ring is 1. The monoisotopic (exact) mass is 210 g/mol. The molecule has 0 bridgehead atoms. The Balaban J connectivity index is 2.47. The molecule has 0 radical (unpaired) electrons. The predicted octanol–water partition coefficient (Wildman–Crippen LogP) is 2.85. The summed E-state index contributed by atoms with van der Waals surface area (Å²) >= 11 is 5.56. The third kappa shape index (κ3) is 1.59. The molecule has 1 heterocycles. The molecule has 0 amide bonds. The zero-order valence-corrected chi connectivity index (χ0v) is 8.00. The van der Waals surface area contributed by atoms with Crippen molar-refractivity contribution in [1.82, 2.24) is 4.57 Å². The molecule has 2 N–H and O–H groups in total. The average molecular weight is 211 g/mol. The topological polar surface area (TPSA) is 30.9 Å². The summed E-state index contributed by atoms with van der Waals surface area (Å²) in [4.78, 5) is 0. The number of aromatic nitrogens is 1. The van der Waals surface area contributed by atoms with Crippen molar-refractivity contribution < 1.29 is 4.39 Å². The van der Waals surface area contributed by atoms with Gasteiger partial charge in [-0.25, -0.2) is 4.39 Å². The molecule has 0 aliphatic carbocycles. The number of hydrogen-bond donors (Lipinski definition) is 1. The fourth-order valence-electron chi connectivity index (χ4n) is 1.22. The molecule has 2 aromatic rings. The van der Waals surface area contributed by atoms with Crippen LogP contribution in [0, 0.1) is 5.82 Å². The fourth-order valence-corrected chi connectivity index (χ4v) is 1.34. The van der Waals surface area contributed by atoms with Gasteiger partial charge in [0.15, 0.2) is 0 Å². The van der Waals surface area contributed by atoms with Gasteiger partial charge in [0.05, 0.1) is 5.02 Å². The summed E-state index contributed by atoms with van der Waals surface area (Å²) < 4.78 is 14.8. The first kappa shape index (κ1) is 9.09. The molecule has 4 heteroatoms. The summed E-state index contributed by atoms with van der Waals surface area (Å²) in [5.74, 6) is -0.434. The predicted molar refractivity (Wildman–Crippen MR) is 55.1 cm³/mol. The highest BCUT2D eigenvalue weighted by molar-refractivity contribution is 6.30. The van der Waals surface area contributed by atoms with E-state index in [9.17, 15) is 4.39 Å². The second-order valence-corrected chi connectivity index (χ2v) is 3.36. The van der Waals surface area contributed by atoms with E-state index in [0.29, 0.717) is 11.4 Å². The Bertz CT molecular complexity index is 465. The molecule has 0 saturated heterocycles. The first-order valence-electron chi connectivity index (χ1n) is 4.06. The number of nitrogens with two attached hydrogens (primary N) is 1. The summed E-state index contributed by atoms with van der Waals surface area (Å²) in [6.45, 7) is 0. The molecular weight excluding hydrogens is 203 g/mol. The number of benzene rings is 1. The van der Waals surface area contributed by atoms with Crippen LogP contribution >= 0.6 is 11.6 Å². The van der Waals surface area contributed by atoms with Crippen LogP contribution in [0.4, 0.5) is 10.1 Å². The number of halogens is 2. The van der Waals surface area contributed by atoms with Crippen molar-refractivity contribution >= 4 is 17.3 Å². The molecular formula is C10H8ClFN2. The lowest BCUT2D eigenvalue weighted by Gasteiger charge is -2.02. The highest BCUT2D eigenvalue weighted by atomic mass is 35.5. The van der Waals surface area contributed by atoms with Gasteiger partial charge in [-0.3, -0.25) is 0 Å². The van der Waals surface area contributed by atoms with Crippen molar-refractivity contribution in [3.63, 3.8) is 0 Å². The lowest BCUT2D eigenvalue weighted by Crippen LogP contribution is -1.91. The molecule has 72 valence electrons. The highest BCUT2D eigenvalue weighted by Gasteiger charge is 2.02. The largest absolute Gasteiger partial charge is 0.397 e. The molecule has 1 aromatic carbocycles. The normalized spacial score (nSPS) is 10.4. The minimum atomic E-state index is -0.434. The van der Waals surface area contributed by atoms with Crippen molar-refractivity contribution in [1.29, 1.82) is 0 Å². The van der Waals surface area contributed by atoms with Gasteiger partial charge < -0.3 is 10.3 Å². The van der Waals surface area contributed by atoms with Gasteiger partial charge in [-0.2, -0.15) is 0 Å². The summed E-state index contributed by atoms with van der Waals surface area (Å²) in [5.41, 5.74) is 6.88. The second kappa shape index (κ2) is 3.35. The van der Waals surface area contributed by atoms with Crippen molar-refractivity contribution in [2.45, 2.75) is 0 Å². The van der Waals surface area contributed by atoms with Gasteiger partial charge >= 0.3 is 0 Å². The summed E-state index contributed by atoms with van der Waals surface area (Å²) in [6.07, 6.45) is 3.47. The third-order valence-electron chi connectivity index (χ3n) is 1.92. The van der Waals surface area contributed by atoms with E-state index in [-0.39, 0.29) is 5.02 Å². The summed E-state index contributed by atoms with van der Waals surface area (Å²) in [5, 5.41) is 0.119. The van der Waals surface area contributed by atoms with Gasteiger partial charge in [-0.1, -0.05) is 11.6 Å². The SMILES string of the molecule is Nc1ccn(-c2ccc(Cl)c(F)c2)c1. The van der Waals surface area contributed by atoms with E-state index in [1.54, 1.807) is 29.1 Å². The van der Waals surface area contributed by atoms with Crippen molar-refractivity contribution in [2.24, 2.45) is 0 Å². The molecule has 2 nitrogen and oxygen atoms in total. The number of nitrogens with zero attached hydrogens (tertiary/aromatic N) is 1. The number of anilines is 1. The second-order valence-electron chi connectivity index (χ2n) is 2.95. The number of hydrogen-bond acceptors (Lipinski definition) is 1. The van der Waals surface area contributed by atoms with Crippen LogP contribution in [0.2, 0.25) is 5.02 Å². The highest BCUT2D eigenvalue weighted by Crippen LogP contribution is 2.19. The van der Waals surface area contributed by atoms with Crippen LogP contribution in [0.5, 0.6) is 0 Å². The van der Waals surface area contributed by atoms with Gasteiger partial charge in [-0.05, 0) is 24.3 Å². The lowest BCUT2D eigenvalue weighted by molar-refractivity contribution is 0.627. The molecule has 0 unspecified atom stereocenters. The maximum atomic E-state index is 13.1. The first-order chi connectivity index (χ1) is 6.66. The Morgan fingerprint density at radius 2 is 2.07 bits per heavy atom. The molecule has 0 atom stereocenters. The molecule has 1 aromatic heterocycles.